The monoisotopic (exact) mass is 804 g/mol. The highest BCUT2D eigenvalue weighted by atomic mass is 16.3. The third-order valence-corrected chi connectivity index (χ3v) is 12.4. The van der Waals surface area contributed by atoms with Crippen LogP contribution in [0.5, 0.6) is 0 Å². The van der Waals surface area contributed by atoms with Crippen molar-refractivity contribution >= 4 is 60.8 Å². The minimum atomic E-state index is 0.891. The van der Waals surface area contributed by atoms with Crippen LogP contribution in [0, 0.1) is 0 Å². The Hall–Kier alpha value is -8.40. The van der Waals surface area contributed by atoms with Crippen molar-refractivity contribution < 1.29 is 4.42 Å². The lowest BCUT2D eigenvalue weighted by molar-refractivity contribution is 0.670. The molecule has 10 aromatic carbocycles. The largest absolute Gasteiger partial charge is 0.455 e. The average molecular weight is 805 g/mol. The molecule has 3 heteroatoms. The van der Waals surface area contributed by atoms with Gasteiger partial charge < -0.3 is 13.9 Å². The zero-order chi connectivity index (χ0) is 41.7. The van der Waals surface area contributed by atoms with Gasteiger partial charge in [0.05, 0.1) is 16.7 Å². The summed E-state index contributed by atoms with van der Waals surface area (Å²) in [6, 6.07) is 87.2. The number of fused-ring (bicyclic) bond motifs is 6. The molecular weight excluding hydrogens is 765 g/mol. The molecular formula is C60H40N2O. The lowest BCUT2D eigenvalue weighted by Gasteiger charge is -2.29. The molecule has 0 aliphatic heterocycles. The molecule has 0 unspecified atom stereocenters. The molecule has 0 spiro atoms. The Morgan fingerprint density at radius 1 is 0.317 bits per heavy atom. The Morgan fingerprint density at radius 2 is 0.889 bits per heavy atom. The Balaban J connectivity index is 1.14. The Kier molecular flexibility index (Phi) is 8.83. The summed E-state index contributed by atoms with van der Waals surface area (Å²) in [5.74, 6) is 0. The van der Waals surface area contributed by atoms with Crippen LogP contribution in [0.4, 0.5) is 17.1 Å². The molecule has 0 atom stereocenters. The summed E-state index contributed by atoms with van der Waals surface area (Å²) < 4.78 is 9.00. The van der Waals surface area contributed by atoms with E-state index < -0.39 is 0 Å². The number of furan rings is 1. The molecule has 3 nitrogen and oxygen atoms in total. The van der Waals surface area contributed by atoms with Gasteiger partial charge in [0.2, 0.25) is 0 Å². The van der Waals surface area contributed by atoms with E-state index in [-0.39, 0.29) is 0 Å². The number of nitrogens with zero attached hydrogens (tertiary/aromatic N) is 2. The summed E-state index contributed by atoms with van der Waals surface area (Å²) in [6.45, 7) is 0. The first-order valence-electron chi connectivity index (χ1n) is 21.5. The second-order valence-corrected chi connectivity index (χ2v) is 16.1. The average Bonchev–Trinajstić information content (AvgIpc) is 3.91. The number of aromatic nitrogens is 1. The minimum Gasteiger partial charge on any atom is -0.455 e. The van der Waals surface area contributed by atoms with E-state index in [4.69, 9.17) is 4.42 Å². The van der Waals surface area contributed by atoms with Gasteiger partial charge in [-0.2, -0.15) is 0 Å². The molecule has 63 heavy (non-hydrogen) atoms. The second-order valence-electron chi connectivity index (χ2n) is 16.1. The summed E-state index contributed by atoms with van der Waals surface area (Å²) >= 11 is 0. The number of para-hydroxylation sites is 4. The van der Waals surface area contributed by atoms with E-state index in [1.165, 1.54) is 33.0 Å². The molecule has 0 aliphatic carbocycles. The van der Waals surface area contributed by atoms with Gasteiger partial charge in [-0.1, -0.05) is 182 Å². The van der Waals surface area contributed by atoms with E-state index in [0.717, 1.165) is 78.0 Å². The molecule has 0 saturated heterocycles. The molecule has 2 heterocycles. The van der Waals surface area contributed by atoms with Gasteiger partial charge in [0.15, 0.2) is 0 Å². The molecule has 0 aliphatic rings. The predicted octanol–water partition coefficient (Wildman–Crippen LogP) is 16.8. The number of rotatable bonds is 8. The molecule has 0 bridgehead atoms. The molecule has 296 valence electrons. The van der Waals surface area contributed by atoms with Crippen molar-refractivity contribution in [2.24, 2.45) is 0 Å². The standard InChI is InChI=1S/C60H40N2O/c1-5-18-41(19-6-1)48-35-33-46(39-54(48)42-20-7-2-8-21-42)61(47-34-36-51-50-26-13-15-30-56(50)62(58(51)40-47)45-24-11-4-12-25-45)57-37-32-44(38-55(57)43-22-9-3-10-23-43)49-28-17-29-53-52-27-14-16-31-59(52)63-60(49)53/h1-40H. The summed E-state index contributed by atoms with van der Waals surface area (Å²) in [5, 5.41) is 4.67. The maximum Gasteiger partial charge on any atom is 0.143 e. The van der Waals surface area contributed by atoms with E-state index >= 15 is 0 Å². The molecule has 0 amide bonds. The molecule has 0 fully saturated rings. The van der Waals surface area contributed by atoms with Crippen molar-refractivity contribution in [2.75, 3.05) is 4.90 Å². The van der Waals surface area contributed by atoms with E-state index in [2.05, 4.69) is 246 Å². The van der Waals surface area contributed by atoms with Gasteiger partial charge in [-0.05, 0) is 94.0 Å². The zero-order valence-corrected chi connectivity index (χ0v) is 34.4. The maximum absolute atomic E-state index is 6.60. The highest BCUT2D eigenvalue weighted by Crippen LogP contribution is 2.47. The fraction of sp³-hybridized carbons (Fsp3) is 0. The van der Waals surface area contributed by atoms with Crippen LogP contribution in [-0.2, 0) is 0 Å². The normalized spacial score (nSPS) is 11.5. The molecule has 2 aromatic heterocycles. The molecule has 0 saturated carbocycles. The van der Waals surface area contributed by atoms with Crippen LogP contribution in [0.1, 0.15) is 0 Å². The van der Waals surface area contributed by atoms with Gasteiger partial charge in [-0.3, -0.25) is 0 Å². The van der Waals surface area contributed by atoms with Crippen LogP contribution in [0.3, 0.4) is 0 Å². The van der Waals surface area contributed by atoms with Crippen LogP contribution in [0.25, 0.3) is 93.9 Å². The lowest BCUT2D eigenvalue weighted by Crippen LogP contribution is -2.12. The number of anilines is 3. The third kappa shape index (κ3) is 6.29. The quantitative estimate of drug-likeness (QED) is 0.153. The lowest BCUT2D eigenvalue weighted by atomic mass is 9.92. The summed E-state index contributed by atoms with van der Waals surface area (Å²) in [7, 11) is 0. The van der Waals surface area contributed by atoms with Crippen molar-refractivity contribution in [3.05, 3.63) is 243 Å². The smallest absolute Gasteiger partial charge is 0.143 e. The van der Waals surface area contributed by atoms with Crippen molar-refractivity contribution in [1.82, 2.24) is 4.57 Å². The third-order valence-electron chi connectivity index (χ3n) is 12.4. The number of benzene rings is 10. The molecule has 12 aromatic rings. The van der Waals surface area contributed by atoms with Crippen LogP contribution >= 0.6 is 0 Å². The van der Waals surface area contributed by atoms with E-state index in [9.17, 15) is 0 Å². The van der Waals surface area contributed by atoms with E-state index in [0.29, 0.717) is 0 Å². The molecule has 12 rings (SSSR count). The summed E-state index contributed by atoms with van der Waals surface area (Å²) in [4.78, 5) is 2.45. The highest BCUT2D eigenvalue weighted by Gasteiger charge is 2.23. The van der Waals surface area contributed by atoms with Crippen molar-refractivity contribution in [1.29, 1.82) is 0 Å². The molecule has 0 radical (unpaired) electrons. The fourth-order valence-corrected chi connectivity index (χ4v) is 9.50. The van der Waals surface area contributed by atoms with Crippen LogP contribution in [0.2, 0.25) is 0 Å². The van der Waals surface area contributed by atoms with Gasteiger partial charge in [0, 0.05) is 49.7 Å². The Labute approximate surface area is 366 Å². The first-order valence-corrected chi connectivity index (χ1v) is 21.5. The van der Waals surface area contributed by atoms with Crippen LogP contribution in [-0.4, -0.2) is 4.57 Å². The summed E-state index contributed by atoms with van der Waals surface area (Å²) in [6.07, 6.45) is 0. The first kappa shape index (κ1) is 36.5. The Morgan fingerprint density at radius 3 is 1.63 bits per heavy atom. The van der Waals surface area contributed by atoms with Crippen molar-refractivity contribution in [3.63, 3.8) is 0 Å². The number of hydrogen-bond acceptors (Lipinski definition) is 2. The minimum absolute atomic E-state index is 0.891. The zero-order valence-electron chi connectivity index (χ0n) is 34.4. The molecule has 0 N–H and O–H groups in total. The Bertz CT molecular complexity index is 3610. The highest BCUT2D eigenvalue weighted by molar-refractivity contribution is 6.12. The predicted molar refractivity (Wildman–Crippen MR) is 264 cm³/mol. The van der Waals surface area contributed by atoms with Gasteiger partial charge >= 0.3 is 0 Å². The SMILES string of the molecule is c1ccc(-c2ccc(N(c3ccc4c5ccccc5n(-c5ccccc5)c4c3)c3ccc(-c4cccc5c4oc4ccccc45)cc3-c3ccccc3)cc2-c2ccccc2)cc1. The van der Waals surface area contributed by atoms with Crippen LogP contribution in [0.15, 0.2) is 247 Å². The van der Waals surface area contributed by atoms with Gasteiger partial charge in [-0.15, -0.1) is 0 Å². The van der Waals surface area contributed by atoms with E-state index in [1.807, 2.05) is 6.07 Å². The van der Waals surface area contributed by atoms with Gasteiger partial charge in [0.25, 0.3) is 0 Å². The van der Waals surface area contributed by atoms with Gasteiger partial charge in [0.1, 0.15) is 11.2 Å². The van der Waals surface area contributed by atoms with E-state index in [1.54, 1.807) is 0 Å². The number of hydrogen-bond donors (Lipinski definition) is 0. The van der Waals surface area contributed by atoms with Gasteiger partial charge in [-0.25, -0.2) is 0 Å². The maximum atomic E-state index is 6.60. The summed E-state index contributed by atoms with van der Waals surface area (Å²) in [5.41, 5.74) is 17.5. The van der Waals surface area contributed by atoms with Crippen molar-refractivity contribution in [2.45, 2.75) is 0 Å². The van der Waals surface area contributed by atoms with Crippen LogP contribution < -0.4 is 4.90 Å². The first-order chi connectivity index (χ1) is 31.3. The topological polar surface area (TPSA) is 21.3 Å². The fourth-order valence-electron chi connectivity index (χ4n) is 9.50. The van der Waals surface area contributed by atoms with Crippen molar-refractivity contribution in [3.8, 4) is 50.2 Å². The second kappa shape index (κ2) is 15.3.